The first-order valence-corrected chi connectivity index (χ1v) is 7.00. The molecule has 1 N–H and O–H groups in total. The van der Waals surface area contributed by atoms with Crippen LogP contribution in [0.1, 0.15) is 24.9 Å². The molecule has 0 radical (unpaired) electrons. The summed E-state index contributed by atoms with van der Waals surface area (Å²) in [5.41, 5.74) is 1.27. The molecule has 0 saturated heterocycles. The maximum absolute atomic E-state index is 5.77. The van der Waals surface area contributed by atoms with Gasteiger partial charge >= 0.3 is 0 Å². The van der Waals surface area contributed by atoms with E-state index < -0.39 is 0 Å². The third kappa shape index (κ3) is 3.39. The normalized spacial score (nSPS) is 16.2. The van der Waals surface area contributed by atoms with Crippen LogP contribution in [0, 0.1) is 0 Å². The lowest BCUT2D eigenvalue weighted by Crippen LogP contribution is -2.31. The molecule has 4 heteroatoms. The second kappa shape index (κ2) is 6.78. The van der Waals surface area contributed by atoms with Gasteiger partial charge in [-0.2, -0.15) is 0 Å². The van der Waals surface area contributed by atoms with Crippen LogP contribution in [0.3, 0.4) is 0 Å². The number of benzene rings is 1. The Balaban J connectivity index is 2.25. The van der Waals surface area contributed by atoms with Crippen LogP contribution in [-0.2, 0) is 0 Å². The van der Waals surface area contributed by atoms with E-state index in [1.807, 2.05) is 13.1 Å². The summed E-state index contributed by atoms with van der Waals surface area (Å²) in [6.45, 7) is 5.58. The largest absolute Gasteiger partial charge is 0.490 e. The molecule has 0 aromatic heterocycles. The number of likely N-dealkylation sites (N-methyl/N-ethyl adjacent to an activating group) is 2. The lowest BCUT2D eigenvalue weighted by atomic mass is 10.0. The molecule has 1 aromatic carbocycles. The Morgan fingerprint density at radius 1 is 1.26 bits per heavy atom. The monoisotopic (exact) mass is 264 g/mol. The van der Waals surface area contributed by atoms with Crippen molar-refractivity contribution in [2.75, 3.05) is 40.4 Å². The molecule has 0 spiro atoms. The molecule has 0 saturated carbocycles. The minimum Gasteiger partial charge on any atom is -0.490 e. The molecule has 19 heavy (non-hydrogen) atoms. The molecule has 1 atom stereocenters. The molecule has 0 amide bonds. The van der Waals surface area contributed by atoms with Gasteiger partial charge in [0.15, 0.2) is 11.5 Å². The van der Waals surface area contributed by atoms with Crippen molar-refractivity contribution in [1.82, 2.24) is 10.2 Å². The summed E-state index contributed by atoms with van der Waals surface area (Å²) in [6.07, 6.45) is 0.943. The van der Waals surface area contributed by atoms with Crippen LogP contribution >= 0.6 is 0 Å². The summed E-state index contributed by atoms with van der Waals surface area (Å²) < 4.78 is 11.4. The molecule has 2 rings (SSSR count). The van der Waals surface area contributed by atoms with Gasteiger partial charge in [0.1, 0.15) is 0 Å². The van der Waals surface area contributed by atoms with Crippen LogP contribution in [0.5, 0.6) is 11.5 Å². The predicted molar refractivity (Wildman–Crippen MR) is 77.0 cm³/mol. The SMILES string of the molecule is CCN(C)C(CNC)c1ccc2c(c1)OCCCO2. The van der Waals surface area contributed by atoms with Crippen molar-refractivity contribution in [2.45, 2.75) is 19.4 Å². The van der Waals surface area contributed by atoms with Gasteiger partial charge < -0.3 is 14.8 Å². The van der Waals surface area contributed by atoms with Gasteiger partial charge in [0.05, 0.1) is 13.2 Å². The van der Waals surface area contributed by atoms with E-state index in [4.69, 9.17) is 9.47 Å². The van der Waals surface area contributed by atoms with Gasteiger partial charge in [-0.1, -0.05) is 13.0 Å². The van der Waals surface area contributed by atoms with E-state index >= 15 is 0 Å². The summed E-state index contributed by atoms with van der Waals surface area (Å²) in [6, 6.07) is 6.64. The second-order valence-corrected chi connectivity index (χ2v) is 4.90. The Labute approximate surface area is 115 Å². The van der Waals surface area contributed by atoms with Crippen molar-refractivity contribution in [2.24, 2.45) is 0 Å². The molecular formula is C15H24N2O2. The fourth-order valence-electron chi connectivity index (χ4n) is 2.33. The minimum atomic E-state index is 0.354. The van der Waals surface area contributed by atoms with Crippen molar-refractivity contribution >= 4 is 0 Å². The summed E-state index contributed by atoms with van der Waals surface area (Å²) in [5.74, 6) is 1.74. The van der Waals surface area contributed by atoms with Crippen LogP contribution in [0.15, 0.2) is 18.2 Å². The predicted octanol–water partition coefficient (Wildman–Crippen LogP) is 2.06. The number of nitrogens with one attached hydrogen (secondary N) is 1. The average Bonchev–Trinajstić information content (AvgIpc) is 2.68. The molecule has 0 fully saturated rings. The number of ether oxygens (including phenoxy) is 2. The molecule has 1 unspecified atom stereocenters. The zero-order valence-electron chi connectivity index (χ0n) is 12.1. The van der Waals surface area contributed by atoms with E-state index in [2.05, 4.69) is 36.3 Å². The van der Waals surface area contributed by atoms with Gasteiger partial charge in [-0.05, 0) is 38.3 Å². The zero-order chi connectivity index (χ0) is 13.7. The molecule has 4 nitrogen and oxygen atoms in total. The van der Waals surface area contributed by atoms with E-state index in [1.165, 1.54) is 5.56 Å². The van der Waals surface area contributed by atoms with E-state index in [0.717, 1.165) is 44.2 Å². The van der Waals surface area contributed by atoms with Crippen LogP contribution in [-0.4, -0.2) is 45.3 Å². The van der Waals surface area contributed by atoms with Gasteiger partial charge in [0, 0.05) is 19.0 Å². The van der Waals surface area contributed by atoms with Crippen molar-refractivity contribution < 1.29 is 9.47 Å². The van der Waals surface area contributed by atoms with Gasteiger partial charge in [-0.25, -0.2) is 0 Å². The Kier molecular flexibility index (Phi) is 5.05. The van der Waals surface area contributed by atoms with Gasteiger partial charge in [-0.3, -0.25) is 4.90 Å². The zero-order valence-corrected chi connectivity index (χ0v) is 12.1. The van der Waals surface area contributed by atoms with Gasteiger partial charge in [-0.15, -0.1) is 0 Å². The molecular weight excluding hydrogens is 240 g/mol. The summed E-state index contributed by atoms with van der Waals surface area (Å²) in [5, 5.41) is 3.26. The maximum Gasteiger partial charge on any atom is 0.161 e. The number of hydrogen-bond donors (Lipinski definition) is 1. The molecule has 1 aromatic rings. The first-order chi connectivity index (χ1) is 9.26. The Morgan fingerprint density at radius 3 is 2.68 bits per heavy atom. The van der Waals surface area contributed by atoms with Gasteiger partial charge in [0.2, 0.25) is 0 Å². The Morgan fingerprint density at radius 2 is 2.00 bits per heavy atom. The van der Waals surface area contributed by atoms with Crippen molar-refractivity contribution in [3.05, 3.63) is 23.8 Å². The van der Waals surface area contributed by atoms with Crippen molar-refractivity contribution in [3.63, 3.8) is 0 Å². The van der Waals surface area contributed by atoms with Crippen LogP contribution in [0.2, 0.25) is 0 Å². The van der Waals surface area contributed by atoms with Crippen LogP contribution < -0.4 is 14.8 Å². The van der Waals surface area contributed by atoms with Gasteiger partial charge in [0.25, 0.3) is 0 Å². The fraction of sp³-hybridized carbons (Fsp3) is 0.600. The van der Waals surface area contributed by atoms with Crippen molar-refractivity contribution in [3.8, 4) is 11.5 Å². The summed E-state index contributed by atoms with van der Waals surface area (Å²) in [7, 11) is 4.13. The van der Waals surface area contributed by atoms with E-state index in [0.29, 0.717) is 6.04 Å². The average molecular weight is 264 g/mol. The van der Waals surface area contributed by atoms with E-state index in [9.17, 15) is 0 Å². The molecule has 106 valence electrons. The smallest absolute Gasteiger partial charge is 0.161 e. The topological polar surface area (TPSA) is 33.7 Å². The quantitative estimate of drug-likeness (QED) is 0.882. The fourth-order valence-corrected chi connectivity index (χ4v) is 2.33. The highest BCUT2D eigenvalue weighted by molar-refractivity contribution is 5.44. The molecule has 0 bridgehead atoms. The Hall–Kier alpha value is -1.26. The third-order valence-electron chi connectivity index (χ3n) is 3.58. The minimum absolute atomic E-state index is 0.354. The highest BCUT2D eigenvalue weighted by Gasteiger charge is 2.18. The van der Waals surface area contributed by atoms with E-state index in [-0.39, 0.29) is 0 Å². The number of fused-ring (bicyclic) bond motifs is 1. The maximum atomic E-state index is 5.77. The highest BCUT2D eigenvalue weighted by atomic mass is 16.5. The van der Waals surface area contributed by atoms with Crippen molar-refractivity contribution in [1.29, 1.82) is 0 Å². The van der Waals surface area contributed by atoms with E-state index in [1.54, 1.807) is 0 Å². The number of rotatable bonds is 5. The highest BCUT2D eigenvalue weighted by Crippen LogP contribution is 2.33. The van der Waals surface area contributed by atoms with Crippen LogP contribution in [0.25, 0.3) is 0 Å². The molecule has 1 heterocycles. The number of nitrogens with zero attached hydrogens (tertiary/aromatic N) is 1. The summed E-state index contributed by atoms with van der Waals surface area (Å²) in [4.78, 5) is 2.33. The molecule has 0 aliphatic carbocycles. The van der Waals surface area contributed by atoms with Crippen LogP contribution in [0.4, 0.5) is 0 Å². The molecule has 1 aliphatic heterocycles. The molecule has 1 aliphatic rings. The number of hydrogen-bond acceptors (Lipinski definition) is 4. The lowest BCUT2D eigenvalue weighted by Gasteiger charge is -2.27. The second-order valence-electron chi connectivity index (χ2n) is 4.90. The lowest BCUT2D eigenvalue weighted by molar-refractivity contribution is 0.252. The summed E-state index contributed by atoms with van der Waals surface area (Å²) >= 11 is 0. The third-order valence-corrected chi connectivity index (χ3v) is 3.58. The first kappa shape index (κ1) is 14.2. The standard InChI is InChI=1S/C15H24N2O2/c1-4-17(3)13(11-16-2)12-6-7-14-15(10-12)19-9-5-8-18-14/h6-7,10,13,16H,4-5,8-9,11H2,1-3H3. The Bertz CT molecular complexity index is 409. The first-order valence-electron chi connectivity index (χ1n) is 7.00.